The Hall–Kier alpha value is -2.20. The van der Waals surface area contributed by atoms with Gasteiger partial charge in [0.1, 0.15) is 6.29 Å². The van der Waals surface area contributed by atoms with E-state index in [-0.39, 0.29) is 0 Å². The quantitative estimate of drug-likeness (QED) is 0.796. The minimum atomic E-state index is 0.578. The third-order valence-electron chi connectivity index (χ3n) is 4.00. The molecule has 1 atom stereocenters. The summed E-state index contributed by atoms with van der Waals surface area (Å²) in [6, 6.07) is 13.2. The van der Waals surface area contributed by atoms with E-state index in [4.69, 9.17) is 4.74 Å². The maximum atomic E-state index is 10.9. The summed E-state index contributed by atoms with van der Waals surface area (Å²) in [6.45, 7) is 2.93. The molecule has 1 aliphatic heterocycles. The average Bonchev–Trinajstić information content (AvgIpc) is 2.99. The molecule has 1 aromatic heterocycles. The van der Waals surface area contributed by atoms with Crippen LogP contribution in [0, 0.1) is 5.92 Å². The number of rotatable bonds is 5. The van der Waals surface area contributed by atoms with Crippen LogP contribution in [0.3, 0.4) is 0 Å². The highest BCUT2D eigenvalue weighted by Crippen LogP contribution is 2.22. The minimum Gasteiger partial charge on any atom is -0.477 e. The molecule has 1 aliphatic rings. The van der Waals surface area contributed by atoms with Gasteiger partial charge < -0.3 is 9.64 Å². The normalized spacial score (nSPS) is 18.3. The number of ether oxygens (including phenoxy) is 1. The maximum absolute atomic E-state index is 10.9. The van der Waals surface area contributed by atoms with Gasteiger partial charge >= 0.3 is 0 Å². The molecule has 3 rings (SSSR count). The van der Waals surface area contributed by atoms with Gasteiger partial charge in [0.15, 0.2) is 0 Å². The first kappa shape index (κ1) is 14.7. The van der Waals surface area contributed by atoms with Crippen LogP contribution in [0.15, 0.2) is 42.5 Å². The van der Waals surface area contributed by atoms with Crippen molar-refractivity contribution < 1.29 is 9.53 Å². The van der Waals surface area contributed by atoms with E-state index < -0.39 is 0 Å². The van der Waals surface area contributed by atoms with E-state index in [0.29, 0.717) is 24.0 Å². The Morgan fingerprint density at radius 1 is 1.32 bits per heavy atom. The predicted molar refractivity (Wildman–Crippen MR) is 86.2 cm³/mol. The monoisotopic (exact) mass is 296 g/mol. The molecule has 0 spiro atoms. The van der Waals surface area contributed by atoms with E-state index in [9.17, 15) is 4.79 Å². The van der Waals surface area contributed by atoms with Gasteiger partial charge in [-0.25, -0.2) is 4.98 Å². The molecule has 2 heterocycles. The number of aldehydes is 1. The van der Waals surface area contributed by atoms with Crippen molar-refractivity contribution in [3.63, 3.8) is 0 Å². The molecule has 1 saturated heterocycles. The number of hydrogen-bond donors (Lipinski definition) is 0. The lowest BCUT2D eigenvalue weighted by molar-refractivity contribution is 0.112. The lowest BCUT2D eigenvalue weighted by Crippen LogP contribution is -2.18. The summed E-state index contributed by atoms with van der Waals surface area (Å²) in [5, 5.41) is 0. The van der Waals surface area contributed by atoms with Gasteiger partial charge in [0.05, 0.1) is 12.3 Å². The lowest BCUT2D eigenvalue weighted by Gasteiger charge is -2.12. The van der Waals surface area contributed by atoms with Crippen LogP contribution in [0.2, 0.25) is 0 Å². The van der Waals surface area contributed by atoms with Crippen LogP contribution in [-0.2, 0) is 0 Å². The molecule has 0 unspecified atom stereocenters. The fraction of sp³-hybridized carbons (Fsp3) is 0.333. The summed E-state index contributed by atoms with van der Waals surface area (Å²) < 4.78 is 5.85. The zero-order valence-electron chi connectivity index (χ0n) is 12.7. The predicted octanol–water partition coefficient (Wildman–Crippen LogP) is 2.89. The van der Waals surface area contributed by atoms with Gasteiger partial charge in [-0.3, -0.25) is 4.79 Å². The summed E-state index contributed by atoms with van der Waals surface area (Å²) in [5.41, 5.74) is 2.40. The SMILES string of the molecule is CN1CC[C@H](COc2cccc(-c3cccc(C=O)c3)n2)C1. The number of aromatic nitrogens is 1. The number of hydrogen-bond acceptors (Lipinski definition) is 4. The fourth-order valence-corrected chi connectivity index (χ4v) is 2.79. The molecule has 0 saturated carbocycles. The van der Waals surface area contributed by atoms with Gasteiger partial charge in [0.25, 0.3) is 0 Å². The topological polar surface area (TPSA) is 42.4 Å². The Bertz CT molecular complexity index is 657. The van der Waals surface area contributed by atoms with Crippen LogP contribution in [0.25, 0.3) is 11.3 Å². The maximum Gasteiger partial charge on any atom is 0.213 e. The van der Waals surface area contributed by atoms with Crippen molar-refractivity contribution in [3.05, 3.63) is 48.0 Å². The molecule has 0 bridgehead atoms. The van der Waals surface area contributed by atoms with Crippen LogP contribution in [-0.4, -0.2) is 42.9 Å². The highest BCUT2D eigenvalue weighted by Gasteiger charge is 2.20. The Labute approximate surface area is 130 Å². The van der Waals surface area contributed by atoms with Crippen molar-refractivity contribution in [2.24, 2.45) is 5.92 Å². The highest BCUT2D eigenvalue weighted by atomic mass is 16.5. The van der Waals surface area contributed by atoms with E-state index >= 15 is 0 Å². The van der Waals surface area contributed by atoms with Crippen molar-refractivity contribution in [3.8, 4) is 17.1 Å². The van der Waals surface area contributed by atoms with Crippen molar-refractivity contribution in [2.45, 2.75) is 6.42 Å². The molecule has 2 aromatic rings. The molecule has 0 aliphatic carbocycles. The highest BCUT2D eigenvalue weighted by molar-refractivity contribution is 5.78. The average molecular weight is 296 g/mol. The Morgan fingerprint density at radius 3 is 2.95 bits per heavy atom. The minimum absolute atomic E-state index is 0.578. The van der Waals surface area contributed by atoms with E-state index in [1.807, 2.05) is 36.4 Å². The third-order valence-corrected chi connectivity index (χ3v) is 4.00. The second-order valence-corrected chi connectivity index (χ2v) is 5.83. The third kappa shape index (κ3) is 3.52. The smallest absolute Gasteiger partial charge is 0.213 e. The van der Waals surface area contributed by atoms with Crippen molar-refractivity contribution in [1.82, 2.24) is 9.88 Å². The summed E-state index contributed by atoms with van der Waals surface area (Å²) in [5.74, 6) is 1.22. The standard InChI is InChI=1S/C18H20N2O2/c1-20-9-8-15(11-20)13-22-18-7-3-6-17(19-18)16-5-2-4-14(10-16)12-21/h2-7,10,12,15H,8-9,11,13H2,1H3/t15-/m0/s1. The molecule has 1 fully saturated rings. The fourth-order valence-electron chi connectivity index (χ4n) is 2.79. The Balaban J connectivity index is 1.70. The van der Waals surface area contributed by atoms with Gasteiger partial charge in [0.2, 0.25) is 5.88 Å². The van der Waals surface area contributed by atoms with Gasteiger partial charge in [-0.05, 0) is 32.1 Å². The zero-order chi connectivity index (χ0) is 15.4. The van der Waals surface area contributed by atoms with Crippen LogP contribution < -0.4 is 4.74 Å². The number of carbonyl (C=O) groups excluding carboxylic acids is 1. The Kier molecular flexibility index (Phi) is 4.49. The van der Waals surface area contributed by atoms with Crippen molar-refractivity contribution >= 4 is 6.29 Å². The molecular weight excluding hydrogens is 276 g/mol. The molecule has 1 aromatic carbocycles. The molecule has 0 amide bonds. The number of carbonyl (C=O) groups is 1. The summed E-state index contributed by atoms with van der Waals surface area (Å²) in [4.78, 5) is 17.8. The first-order valence-electron chi connectivity index (χ1n) is 7.58. The number of likely N-dealkylation sites (tertiary alicyclic amines) is 1. The largest absolute Gasteiger partial charge is 0.477 e. The molecule has 114 valence electrons. The molecular formula is C18H20N2O2. The first-order chi connectivity index (χ1) is 10.7. The van der Waals surface area contributed by atoms with E-state index in [1.54, 1.807) is 6.07 Å². The molecule has 22 heavy (non-hydrogen) atoms. The van der Waals surface area contributed by atoms with Crippen LogP contribution in [0.4, 0.5) is 0 Å². The van der Waals surface area contributed by atoms with Crippen LogP contribution in [0.1, 0.15) is 16.8 Å². The van der Waals surface area contributed by atoms with Crippen molar-refractivity contribution in [1.29, 1.82) is 0 Å². The van der Waals surface area contributed by atoms with E-state index in [0.717, 1.165) is 30.6 Å². The van der Waals surface area contributed by atoms with Crippen LogP contribution >= 0.6 is 0 Å². The van der Waals surface area contributed by atoms with Gasteiger partial charge in [0, 0.05) is 29.7 Å². The lowest BCUT2D eigenvalue weighted by atomic mass is 10.1. The zero-order valence-corrected chi connectivity index (χ0v) is 12.7. The number of nitrogens with zero attached hydrogens (tertiary/aromatic N) is 2. The van der Waals surface area contributed by atoms with Crippen LogP contribution in [0.5, 0.6) is 5.88 Å². The molecule has 0 radical (unpaired) electrons. The summed E-state index contributed by atoms with van der Waals surface area (Å²) in [6.07, 6.45) is 2.03. The number of pyridine rings is 1. The van der Waals surface area contributed by atoms with E-state index in [2.05, 4.69) is 16.9 Å². The van der Waals surface area contributed by atoms with Gasteiger partial charge in [-0.1, -0.05) is 24.3 Å². The molecule has 4 nitrogen and oxygen atoms in total. The van der Waals surface area contributed by atoms with Crippen molar-refractivity contribution in [2.75, 3.05) is 26.7 Å². The second-order valence-electron chi connectivity index (χ2n) is 5.83. The van der Waals surface area contributed by atoms with Gasteiger partial charge in [-0.15, -0.1) is 0 Å². The molecule has 0 N–H and O–H groups in total. The number of benzene rings is 1. The first-order valence-corrected chi connectivity index (χ1v) is 7.58. The van der Waals surface area contributed by atoms with E-state index in [1.165, 1.54) is 6.42 Å². The summed E-state index contributed by atoms with van der Waals surface area (Å²) in [7, 11) is 2.14. The Morgan fingerprint density at radius 2 is 2.18 bits per heavy atom. The second kappa shape index (κ2) is 6.71. The molecule has 4 heteroatoms. The van der Waals surface area contributed by atoms with Gasteiger partial charge in [-0.2, -0.15) is 0 Å². The summed E-state index contributed by atoms with van der Waals surface area (Å²) >= 11 is 0.